The fourth-order valence-corrected chi connectivity index (χ4v) is 2.81. The van der Waals surface area contributed by atoms with Crippen molar-refractivity contribution >= 4 is 17.5 Å². The monoisotopic (exact) mass is 309 g/mol. The zero-order chi connectivity index (χ0) is 15.3. The van der Waals surface area contributed by atoms with Crippen LogP contribution in [0.4, 0.5) is 0 Å². The number of rotatable bonds is 5. The molecule has 1 aliphatic rings. The summed E-state index contributed by atoms with van der Waals surface area (Å²) in [6.45, 7) is 8.33. The van der Waals surface area contributed by atoms with Gasteiger partial charge in [0.2, 0.25) is 5.91 Å². The van der Waals surface area contributed by atoms with Crippen molar-refractivity contribution in [3.05, 3.63) is 34.9 Å². The molecule has 5 heteroatoms. The number of nitrogens with zero attached hydrogens (tertiary/aromatic N) is 1. The van der Waals surface area contributed by atoms with Gasteiger partial charge in [0.05, 0.1) is 5.54 Å². The van der Waals surface area contributed by atoms with E-state index in [2.05, 4.69) is 15.5 Å². The molecule has 0 radical (unpaired) electrons. The number of nitrogens with one attached hydrogen (secondary N) is 2. The van der Waals surface area contributed by atoms with Gasteiger partial charge in [-0.25, -0.2) is 0 Å². The highest BCUT2D eigenvalue weighted by atomic mass is 35.5. The molecule has 0 aromatic heterocycles. The van der Waals surface area contributed by atoms with E-state index >= 15 is 0 Å². The van der Waals surface area contributed by atoms with Gasteiger partial charge in [0.25, 0.3) is 0 Å². The molecule has 0 bridgehead atoms. The molecule has 0 atom stereocenters. The van der Waals surface area contributed by atoms with Crippen LogP contribution in [0.3, 0.4) is 0 Å². The number of carbonyl (C=O) groups excluding carboxylic acids is 1. The van der Waals surface area contributed by atoms with E-state index in [4.69, 9.17) is 11.6 Å². The molecule has 1 amide bonds. The highest BCUT2D eigenvalue weighted by Crippen LogP contribution is 2.15. The molecule has 1 aliphatic heterocycles. The Morgan fingerprint density at radius 3 is 2.76 bits per heavy atom. The van der Waals surface area contributed by atoms with Crippen LogP contribution < -0.4 is 10.6 Å². The second-order valence-corrected chi connectivity index (χ2v) is 6.37. The molecular weight excluding hydrogens is 286 g/mol. The summed E-state index contributed by atoms with van der Waals surface area (Å²) in [7, 11) is 0. The van der Waals surface area contributed by atoms with Gasteiger partial charge < -0.3 is 10.6 Å². The van der Waals surface area contributed by atoms with Crippen molar-refractivity contribution in [2.24, 2.45) is 0 Å². The van der Waals surface area contributed by atoms with Crippen molar-refractivity contribution in [3.8, 4) is 0 Å². The van der Waals surface area contributed by atoms with Gasteiger partial charge in [-0.15, -0.1) is 0 Å². The summed E-state index contributed by atoms with van der Waals surface area (Å²) in [4.78, 5) is 14.7. The molecule has 1 aromatic rings. The summed E-state index contributed by atoms with van der Waals surface area (Å²) >= 11 is 5.96. The fourth-order valence-electron chi connectivity index (χ4n) is 2.60. The van der Waals surface area contributed by atoms with Crippen molar-refractivity contribution in [3.63, 3.8) is 0 Å². The van der Waals surface area contributed by atoms with Crippen LogP contribution in [0, 0.1) is 0 Å². The standard InChI is InChI=1S/C16H24ClN3O/c1-16(2,20-10-8-18-9-11-20)15(21)19-7-6-13-4-3-5-14(17)12-13/h3-5,12,18H,6-11H2,1-2H3,(H,19,21). The minimum atomic E-state index is -0.462. The van der Waals surface area contributed by atoms with Crippen LogP contribution in [-0.4, -0.2) is 49.1 Å². The van der Waals surface area contributed by atoms with Gasteiger partial charge in [-0.05, 0) is 38.0 Å². The predicted octanol–water partition coefficient (Wildman–Crippen LogP) is 1.68. The van der Waals surface area contributed by atoms with E-state index in [1.54, 1.807) is 0 Å². The summed E-state index contributed by atoms with van der Waals surface area (Å²) in [5, 5.41) is 7.09. The van der Waals surface area contributed by atoms with Gasteiger partial charge in [0.15, 0.2) is 0 Å². The van der Waals surface area contributed by atoms with Crippen molar-refractivity contribution in [2.75, 3.05) is 32.7 Å². The summed E-state index contributed by atoms with van der Waals surface area (Å²) < 4.78 is 0. The molecule has 0 aliphatic carbocycles. The Labute approximate surface area is 131 Å². The zero-order valence-electron chi connectivity index (χ0n) is 12.8. The Bertz CT molecular complexity index is 484. The molecule has 1 fully saturated rings. The van der Waals surface area contributed by atoms with Crippen LogP contribution in [0.5, 0.6) is 0 Å². The highest BCUT2D eigenvalue weighted by molar-refractivity contribution is 6.30. The van der Waals surface area contributed by atoms with E-state index in [1.807, 2.05) is 38.1 Å². The third kappa shape index (κ3) is 4.43. The summed E-state index contributed by atoms with van der Waals surface area (Å²) in [6.07, 6.45) is 0.796. The van der Waals surface area contributed by atoms with Crippen LogP contribution >= 0.6 is 11.6 Å². The average Bonchev–Trinajstić information content (AvgIpc) is 2.48. The Hall–Kier alpha value is -1.10. The number of carbonyl (C=O) groups is 1. The van der Waals surface area contributed by atoms with E-state index in [-0.39, 0.29) is 5.91 Å². The van der Waals surface area contributed by atoms with E-state index in [0.29, 0.717) is 6.54 Å². The molecule has 4 nitrogen and oxygen atoms in total. The van der Waals surface area contributed by atoms with Crippen LogP contribution in [0.25, 0.3) is 0 Å². The largest absolute Gasteiger partial charge is 0.354 e. The summed E-state index contributed by atoms with van der Waals surface area (Å²) in [6, 6.07) is 7.76. The van der Waals surface area contributed by atoms with E-state index < -0.39 is 5.54 Å². The minimum Gasteiger partial charge on any atom is -0.354 e. The lowest BCUT2D eigenvalue weighted by Crippen LogP contribution is -2.60. The first kappa shape index (κ1) is 16.3. The Morgan fingerprint density at radius 1 is 1.38 bits per heavy atom. The second-order valence-electron chi connectivity index (χ2n) is 5.93. The number of hydrogen-bond acceptors (Lipinski definition) is 3. The molecule has 2 N–H and O–H groups in total. The molecule has 2 rings (SSSR count). The molecular formula is C16H24ClN3O. The second kappa shape index (κ2) is 7.25. The third-order valence-electron chi connectivity index (χ3n) is 4.05. The molecule has 0 unspecified atom stereocenters. The molecule has 0 spiro atoms. The van der Waals surface area contributed by atoms with Crippen LogP contribution in [0.1, 0.15) is 19.4 Å². The van der Waals surface area contributed by atoms with Crippen LogP contribution in [0.15, 0.2) is 24.3 Å². The van der Waals surface area contributed by atoms with E-state index in [9.17, 15) is 4.79 Å². The van der Waals surface area contributed by atoms with Gasteiger partial charge in [0.1, 0.15) is 0 Å². The van der Waals surface area contributed by atoms with Crippen LogP contribution in [0.2, 0.25) is 5.02 Å². The quantitative estimate of drug-likeness (QED) is 0.870. The van der Waals surface area contributed by atoms with Crippen molar-refractivity contribution in [2.45, 2.75) is 25.8 Å². The van der Waals surface area contributed by atoms with Gasteiger partial charge in [-0.2, -0.15) is 0 Å². The lowest BCUT2D eigenvalue weighted by Gasteiger charge is -2.39. The summed E-state index contributed by atoms with van der Waals surface area (Å²) in [5.41, 5.74) is 0.680. The summed E-state index contributed by atoms with van der Waals surface area (Å²) in [5.74, 6) is 0.0893. The minimum absolute atomic E-state index is 0.0893. The average molecular weight is 310 g/mol. The Balaban J connectivity index is 1.83. The predicted molar refractivity (Wildman–Crippen MR) is 86.7 cm³/mol. The first-order valence-electron chi connectivity index (χ1n) is 7.48. The molecule has 1 heterocycles. The molecule has 1 aromatic carbocycles. The zero-order valence-corrected chi connectivity index (χ0v) is 13.5. The number of piperazine rings is 1. The van der Waals surface area contributed by atoms with Gasteiger partial charge in [0, 0.05) is 37.7 Å². The smallest absolute Gasteiger partial charge is 0.239 e. The maximum atomic E-state index is 12.4. The number of amides is 1. The normalized spacial score (nSPS) is 16.7. The fraction of sp³-hybridized carbons (Fsp3) is 0.562. The van der Waals surface area contributed by atoms with Gasteiger partial charge >= 0.3 is 0 Å². The SMILES string of the molecule is CC(C)(C(=O)NCCc1cccc(Cl)c1)N1CCNCC1. The van der Waals surface area contributed by atoms with Crippen molar-refractivity contribution in [1.82, 2.24) is 15.5 Å². The van der Waals surface area contributed by atoms with Crippen molar-refractivity contribution in [1.29, 1.82) is 0 Å². The van der Waals surface area contributed by atoms with Crippen LogP contribution in [-0.2, 0) is 11.2 Å². The number of benzene rings is 1. The Morgan fingerprint density at radius 2 is 2.10 bits per heavy atom. The first-order valence-corrected chi connectivity index (χ1v) is 7.86. The lowest BCUT2D eigenvalue weighted by atomic mass is 10.0. The topological polar surface area (TPSA) is 44.4 Å². The lowest BCUT2D eigenvalue weighted by molar-refractivity contribution is -0.132. The third-order valence-corrected chi connectivity index (χ3v) is 4.29. The van der Waals surface area contributed by atoms with Gasteiger partial charge in [-0.1, -0.05) is 23.7 Å². The first-order chi connectivity index (χ1) is 10.00. The van der Waals surface area contributed by atoms with Crippen molar-refractivity contribution < 1.29 is 4.79 Å². The molecule has 116 valence electrons. The van der Waals surface area contributed by atoms with E-state index in [1.165, 1.54) is 0 Å². The maximum absolute atomic E-state index is 12.4. The highest BCUT2D eigenvalue weighted by Gasteiger charge is 2.34. The number of halogens is 1. The Kier molecular flexibility index (Phi) is 5.62. The van der Waals surface area contributed by atoms with E-state index in [0.717, 1.165) is 43.2 Å². The van der Waals surface area contributed by atoms with Gasteiger partial charge in [-0.3, -0.25) is 9.69 Å². The molecule has 1 saturated heterocycles. The molecule has 21 heavy (non-hydrogen) atoms. The maximum Gasteiger partial charge on any atom is 0.239 e. The number of hydrogen-bond donors (Lipinski definition) is 2. The molecule has 0 saturated carbocycles.